The van der Waals surface area contributed by atoms with Crippen molar-refractivity contribution in [1.29, 1.82) is 0 Å². The van der Waals surface area contributed by atoms with Crippen molar-refractivity contribution in [2.75, 3.05) is 6.54 Å². The van der Waals surface area contributed by atoms with Crippen LogP contribution in [0.4, 0.5) is 4.79 Å². The molecule has 2 amide bonds. The molecule has 1 saturated heterocycles. The number of carbonyl (C=O) groups excluding carboxylic acids is 1. The number of amides is 2. The number of nitrogens with one attached hydrogen (secondary N) is 1. The van der Waals surface area contributed by atoms with E-state index >= 15 is 0 Å². The number of nitrogens with zero attached hydrogens (tertiary/aromatic N) is 1. The second kappa shape index (κ2) is 6.07. The number of carbonyl (C=O) groups is 2. The van der Waals surface area contributed by atoms with E-state index in [9.17, 15) is 14.7 Å². The minimum Gasteiger partial charge on any atom is -0.479 e. The molecule has 0 spiro atoms. The van der Waals surface area contributed by atoms with Crippen LogP contribution in [0.5, 0.6) is 0 Å². The maximum absolute atomic E-state index is 12.2. The number of carboxylic acids is 1. The molecule has 104 valence electrons. The Kier molecular flexibility index (Phi) is 4.99. The predicted octanol–water partition coefficient (Wildman–Crippen LogP) is 2.21. The summed E-state index contributed by atoms with van der Waals surface area (Å²) in [5, 5.41) is 12.3. The normalized spacial score (nSPS) is 24.9. The zero-order chi connectivity index (χ0) is 13.8. The molecule has 18 heavy (non-hydrogen) atoms. The average molecular weight is 256 g/mol. The van der Waals surface area contributed by atoms with Gasteiger partial charge in [-0.05, 0) is 32.6 Å². The summed E-state index contributed by atoms with van der Waals surface area (Å²) in [4.78, 5) is 25.1. The Bertz CT molecular complexity index is 319. The minimum absolute atomic E-state index is 0.0893. The highest BCUT2D eigenvalue weighted by atomic mass is 16.4. The summed E-state index contributed by atoms with van der Waals surface area (Å²) in [6, 6.07) is -0.149. The molecule has 5 nitrogen and oxygen atoms in total. The fourth-order valence-electron chi connectivity index (χ4n) is 2.71. The topological polar surface area (TPSA) is 69.6 Å². The number of aliphatic carboxylic acids is 1. The van der Waals surface area contributed by atoms with Crippen LogP contribution < -0.4 is 5.32 Å². The molecule has 1 rings (SSSR count). The van der Waals surface area contributed by atoms with Gasteiger partial charge >= 0.3 is 12.0 Å². The maximum atomic E-state index is 12.2. The van der Waals surface area contributed by atoms with E-state index < -0.39 is 11.5 Å². The van der Waals surface area contributed by atoms with Gasteiger partial charge in [0.1, 0.15) is 5.54 Å². The summed E-state index contributed by atoms with van der Waals surface area (Å²) in [5.41, 5.74) is -1.00. The first-order chi connectivity index (χ1) is 8.47. The summed E-state index contributed by atoms with van der Waals surface area (Å²) in [7, 11) is 0. The third-order valence-electron chi connectivity index (χ3n) is 3.81. The van der Waals surface area contributed by atoms with Crippen molar-refractivity contribution < 1.29 is 14.7 Å². The third-order valence-corrected chi connectivity index (χ3v) is 3.81. The first kappa shape index (κ1) is 14.8. The van der Waals surface area contributed by atoms with Gasteiger partial charge in [0, 0.05) is 12.6 Å². The number of hydrogen-bond donors (Lipinski definition) is 2. The molecule has 1 heterocycles. The lowest BCUT2D eigenvalue weighted by atomic mass is 9.93. The van der Waals surface area contributed by atoms with E-state index in [4.69, 9.17) is 0 Å². The summed E-state index contributed by atoms with van der Waals surface area (Å²) < 4.78 is 0. The Morgan fingerprint density at radius 3 is 2.61 bits per heavy atom. The van der Waals surface area contributed by atoms with Gasteiger partial charge in [-0.3, -0.25) is 0 Å². The Morgan fingerprint density at radius 1 is 1.44 bits per heavy atom. The number of likely N-dealkylation sites (tertiary alicyclic amines) is 1. The molecule has 2 unspecified atom stereocenters. The van der Waals surface area contributed by atoms with Gasteiger partial charge in [0.25, 0.3) is 0 Å². The summed E-state index contributed by atoms with van der Waals surface area (Å²) >= 11 is 0. The molecule has 0 bridgehead atoms. The lowest BCUT2D eigenvalue weighted by molar-refractivity contribution is -0.148. The molecule has 2 N–H and O–H groups in total. The van der Waals surface area contributed by atoms with Crippen LogP contribution >= 0.6 is 0 Å². The van der Waals surface area contributed by atoms with Crippen molar-refractivity contribution in [2.45, 2.75) is 64.5 Å². The van der Waals surface area contributed by atoms with Crippen molar-refractivity contribution in [3.63, 3.8) is 0 Å². The predicted molar refractivity (Wildman–Crippen MR) is 69.5 cm³/mol. The average Bonchev–Trinajstić information content (AvgIpc) is 2.73. The molecule has 5 heteroatoms. The van der Waals surface area contributed by atoms with Crippen molar-refractivity contribution in [1.82, 2.24) is 10.2 Å². The van der Waals surface area contributed by atoms with Gasteiger partial charge in [-0.15, -0.1) is 0 Å². The lowest BCUT2D eigenvalue weighted by Gasteiger charge is -2.34. The summed E-state index contributed by atoms with van der Waals surface area (Å²) in [6.07, 6.45) is 3.67. The molecule has 0 radical (unpaired) electrons. The van der Waals surface area contributed by atoms with E-state index in [1.807, 2.05) is 13.8 Å². The van der Waals surface area contributed by atoms with E-state index in [0.29, 0.717) is 19.4 Å². The standard InChI is InChI=1S/C13H24N2O3/c1-4-7-10(3)14-12(18)15-9-6-8-13(15,5-2)11(16)17/h10H,4-9H2,1-3H3,(H,14,18)(H,16,17). The smallest absolute Gasteiger partial charge is 0.329 e. The molecule has 2 atom stereocenters. The Hall–Kier alpha value is -1.26. The van der Waals surface area contributed by atoms with Gasteiger partial charge < -0.3 is 15.3 Å². The van der Waals surface area contributed by atoms with Gasteiger partial charge in [0.2, 0.25) is 0 Å². The van der Waals surface area contributed by atoms with E-state index in [-0.39, 0.29) is 12.1 Å². The molecular formula is C13H24N2O3. The fraction of sp³-hybridized carbons (Fsp3) is 0.846. The van der Waals surface area contributed by atoms with Gasteiger partial charge in [-0.2, -0.15) is 0 Å². The van der Waals surface area contributed by atoms with Crippen LogP contribution in [-0.4, -0.2) is 40.1 Å². The SMILES string of the molecule is CCCC(C)NC(=O)N1CCCC1(CC)C(=O)O. The van der Waals surface area contributed by atoms with E-state index in [0.717, 1.165) is 19.3 Å². The number of carboxylic acid groups (broad SMARTS) is 1. The number of rotatable bonds is 5. The van der Waals surface area contributed by atoms with Gasteiger partial charge in [0.15, 0.2) is 0 Å². The first-order valence-electron chi connectivity index (χ1n) is 6.79. The second-order valence-corrected chi connectivity index (χ2v) is 5.08. The molecule has 0 aliphatic carbocycles. The molecular weight excluding hydrogens is 232 g/mol. The van der Waals surface area contributed by atoms with Crippen LogP contribution in [0.2, 0.25) is 0 Å². The van der Waals surface area contributed by atoms with Crippen molar-refractivity contribution in [2.24, 2.45) is 0 Å². The quantitative estimate of drug-likeness (QED) is 0.792. The van der Waals surface area contributed by atoms with Crippen LogP contribution in [0, 0.1) is 0 Å². The highest BCUT2D eigenvalue weighted by molar-refractivity contribution is 5.87. The van der Waals surface area contributed by atoms with E-state index in [2.05, 4.69) is 12.2 Å². The molecule has 1 aliphatic heterocycles. The summed E-state index contributed by atoms with van der Waals surface area (Å²) in [5.74, 6) is -0.888. The third kappa shape index (κ3) is 2.76. The maximum Gasteiger partial charge on any atom is 0.329 e. The largest absolute Gasteiger partial charge is 0.479 e. The zero-order valence-corrected chi connectivity index (χ0v) is 11.5. The van der Waals surface area contributed by atoms with Crippen molar-refractivity contribution in [3.8, 4) is 0 Å². The van der Waals surface area contributed by atoms with Gasteiger partial charge in [-0.1, -0.05) is 20.3 Å². The van der Waals surface area contributed by atoms with Crippen LogP contribution in [0.3, 0.4) is 0 Å². The van der Waals surface area contributed by atoms with E-state index in [1.165, 1.54) is 4.90 Å². The number of urea groups is 1. The second-order valence-electron chi connectivity index (χ2n) is 5.08. The molecule has 0 saturated carbocycles. The molecule has 0 aromatic carbocycles. The van der Waals surface area contributed by atoms with Crippen LogP contribution in [0.25, 0.3) is 0 Å². The molecule has 0 aromatic rings. The van der Waals surface area contributed by atoms with Gasteiger partial charge in [-0.25, -0.2) is 9.59 Å². The van der Waals surface area contributed by atoms with E-state index in [1.54, 1.807) is 0 Å². The molecule has 1 fully saturated rings. The van der Waals surface area contributed by atoms with Crippen molar-refractivity contribution >= 4 is 12.0 Å². The zero-order valence-electron chi connectivity index (χ0n) is 11.5. The highest BCUT2D eigenvalue weighted by Gasteiger charge is 2.48. The van der Waals surface area contributed by atoms with Crippen LogP contribution in [0.1, 0.15) is 52.9 Å². The highest BCUT2D eigenvalue weighted by Crippen LogP contribution is 2.32. The summed E-state index contributed by atoms with van der Waals surface area (Å²) in [6.45, 7) is 6.37. The monoisotopic (exact) mass is 256 g/mol. The Balaban J connectivity index is 2.75. The number of hydrogen-bond acceptors (Lipinski definition) is 2. The lowest BCUT2D eigenvalue weighted by Crippen LogP contribution is -2.56. The Labute approximate surface area is 109 Å². The van der Waals surface area contributed by atoms with Crippen LogP contribution in [0.15, 0.2) is 0 Å². The van der Waals surface area contributed by atoms with Crippen LogP contribution in [-0.2, 0) is 4.79 Å². The molecule has 1 aliphatic rings. The molecule has 0 aromatic heterocycles. The van der Waals surface area contributed by atoms with Crippen molar-refractivity contribution in [3.05, 3.63) is 0 Å². The first-order valence-corrected chi connectivity index (χ1v) is 6.79. The Morgan fingerprint density at radius 2 is 2.11 bits per heavy atom. The van der Waals surface area contributed by atoms with Gasteiger partial charge in [0.05, 0.1) is 0 Å². The fourth-order valence-corrected chi connectivity index (χ4v) is 2.71. The minimum atomic E-state index is -1.00.